The van der Waals surface area contributed by atoms with Crippen molar-refractivity contribution in [2.75, 3.05) is 6.54 Å². The number of hydrogen-bond donors (Lipinski definition) is 2. The van der Waals surface area contributed by atoms with Crippen LogP contribution in [0.2, 0.25) is 0 Å². The Balaban J connectivity index is 2.34. The topological polar surface area (TPSA) is 73.4 Å². The van der Waals surface area contributed by atoms with Crippen LogP contribution in [0.4, 0.5) is 0 Å². The van der Waals surface area contributed by atoms with Crippen molar-refractivity contribution in [1.82, 2.24) is 9.88 Å². The van der Waals surface area contributed by atoms with Crippen molar-refractivity contribution in [2.45, 2.75) is 40.2 Å². The van der Waals surface area contributed by atoms with Crippen molar-refractivity contribution >= 4 is 22.8 Å². The summed E-state index contributed by atoms with van der Waals surface area (Å²) in [5, 5.41) is 9.86. The fourth-order valence-electron chi connectivity index (χ4n) is 2.68. The smallest absolute Gasteiger partial charge is 0.305 e. The van der Waals surface area contributed by atoms with Gasteiger partial charge >= 0.3 is 5.97 Å². The summed E-state index contributed by atoms with van der Waals surface area (Å²) < 4.78 is 0. The minimum absolute atomic E-state index is 0.0533. The van der Waals surface area contributed by atoms with E-state index in [1.54, 1.807) is 4.90 Å². The number of aliphatic carboxylic acids is 1. The number of carbonyl (C=O) groups is 2. The summed E-state index contributed by atoms with van der Waals surface area (Å²) in [6, 6.07) is 5.88. The Morgan fingerprint density at radius 2 is 1.91 bits per heavy atom. The van der Waals surface area contributed by atoms with E-state index < -0.39 is 5.97 Å². The molecule has 1 amide bonds. The number of fused-ring (bicyclic) bond motifs is 1. The van der Waals surface area contributed by atoms with Gasteiger partial charge in [-0.15, -0.1) is 0 Å². The third-order valence-electron chi connectivity index (χ3n) is 3.77. The molecular weight excluding hydrogens is 280 g/mol. The second-order valence-electron chi connectivity index (χ2n) is 5.96. The molecule has 0 unspecified atom stereocenters. The van der Waals surface area contributed by atoms with E-state index in [-0.39, 0.29) is 24.9 Å². The fraction of sp³-hybridized carbons (Fsp3) is 0.412. The molecule has 0 aliphatic heterocycles. The van der Waals surface area contributed by atoms with Crippen LogP contribution in [0.15, 0.2) is 18.2 Å². The van der Waals surface area contributed by atoms with Gasteiger partial charge in [0.1, 0.15) is 5.69 Å². The quantitative estimate of drug-likeness (QED) is 0.891. The van der Waals surface area contributed by atoms with E-state index in [0.717, 1.165) is 22.0 Å². The molecular formula is C17H22N2O3. The normalized spacial score (nSPS) is 11.1. The Labute approximate surface area is 129 Å². The van der Waals surface area contributed by atoms with Gasteiger partial charge in [0, 0.05) is 23.5 Å². The van der Waals surface area contributed by atoms with E-state index in [9.17, 15) is 9.59 Å². The number of rotatable bonds is 5. The lowest BCUT2D eigenvalue weighted by Crippen LogP contribution is -2.38. The summed E-state index contributed by atoms with van der Waals surface area (Å²) in [5.41, 5.74) is 3.69. The Morgan fingerprint density at radius 3 is 2.50 bits per heavy atom. The van der Waals surface area contributed by atoms with Gasteiger partial charge < -0.3 is 15.0 Å². The molecule has 2 N–H and O–H groups in total. The Morgan fingerprint density at radius 1 is 1.23 bits per heavy atom. The Hall–Kier alpha value is -2.30. The van der Waals surface area contributed by atoms with Gasteiger partial charge in [-0.3, -0.25) is 9.59 Å². The molecule has 0 saturated heterocycles. The molecule has 2 aromatic rings. The minimum Gasteiger partial charge on any atom is -0.481 e. The number of carboxylic acid groups (broad SMARTS) is 1. The molecule has 0 saturated carbocycles. The highest BCUT2D eigenvalue weighted by Gasteiger charge is 2.21. The maximum absolute atomic E-state index is 12.7. The summed E-state index contributed by atoms with van der Waals surface area (Å²) in [4.78, 5) is 28.2. The Kier molecular flexibility index (Phi) is 4.54. The molecule has 1 aromatic carbocycles. The zero-order valence-corrected chi connectivity index (χ0v) is 13.4. The number of carbonyl (C=O) groups excluding carboxylic acids is 1. The van der Waals surface area contributed by atoms with Crippen LogP contribution in [0.5, 0.6) is 0 Å². The summed E-state index contributed by atoms with van der Waals surface area (Å²) in [7, 11) is 0. The van der Waals surface area contributed by atoms with Gasteiger partial charge in [0.25, 0.3) is 5.91 Å². The summed E-state index contributed by atoms with van der Waals surface area (Å²) in [6.07, 6.45) is -0.0533. The summed E-state index contributed by atoms with van der Waals surface area (Å²) >= 11 is 0. The molecule has 22 heavy (non-hydrogen) atoms. The number of carboxylic acids is 1. The molecule has 1 heterocycles. The lowest BCUT2D eigenvalue weighted by Gasteiger charge is -2.25. The SMILES string of the molecule is Cc1cc(C)c2cc(C(=O)N(CCC(=O)O)C(C)C)[nH]c2c1. The predicted octanol–water partition coefficient (Wildman–Crippen LogP) is 3.11. The number of H-pyrrole nitrogens is 1. The van der Waals surface area contributed by atoms with E-state index in [1.165, 1.54) is 0 Å². The van der Waals surface area contributed by atoms with Gasteiger partial charge in [-0.25, -0.2) is 0 Å². The Bertz CT molecular complexity index is 716. The molecule has 0 aliphatic rings. The molecule has 5 nitrogen and oxygen atoms in total. The number of nitrogens with one attached hydrogen (secondary N) is 1. The van der Waals surface area contributed by atoms with E-state index in [1.807, 2.05) is 39.8 Å². The monoisotopic (exact) mass is 302 g/mol. The zero-order chi connectivity index (χ0) is 16.4. The van der Waals surface area contributed by atoms with Gasteiger partial charge in [-0.2, -0.15) is 0 Å². The molecule has 0 spiro atoms. The van der Waals surface area contributed by atoms with Gasteiger partial charge in [-0.1, -0.05) is 6.07 Å². The molecule has 1 aromatic heterocycles. The molecule has 0 bridgehead atoms. The van der Waals surface area contributed by atoms with E-state index >= 15 is 0 Å². The standard InChI is InChI=1S/C17H22N2O3/c1-10(2)19(6-5-16(20)21)17(22)15-9-13-12(4)7-11(3)8-14(13)18-15/h7-10,18H,5-6H2,1-4H3,(H,20,21). The van der Waals surface area contributed by atoms with Crippen LogP contribution in [0.25, 0.3) is 10.9 Å². The highest BCUT2D eigenvalue weighted by molar-refractivity contribution is 5.99. The van der Waals surface area contributed by atoms with Crippen molar-refractivity contribution in [3.63, 3.8) is 0 Å². The number of nitrogens with zero attached hydrogens (tertiary/aromatic N) is 1. The zero-order valence-electron chi connectivity index (χ0n) is 13.4. The number of aromatic nitrogens is 1. The first-order chi connectivity index (χ1) is 10.3. The second-order valence-corrected chi connectivity index (χ2v) is 5.96. The van der Waals surface area contributed by atoms with Crippen molar-refractivity contribution in [1.29, 1.82) is 0 Å². The third-order valence-corrected chi connectivity index (χ3v) is 3.77. The average Bonchev–Trinajstić information content (AvgIpc) is 2.82. The van der Waals surface area contributed by atoms with Crippen molar-refractivity contribution in [3.05, 3.63) is 35.0 Å². The molecule has 5 heteroatoms. The van der Waals surface area contributed by atoms with Gasteiger partial charge in [-0.05, 0) is 51.0 Å². The minimum atomic E-state index is -0.901. The largest absolute Gasteiger partial charge is 0.481 e. The van der Waals surface area contributed by atoms with Crippen LogP contribution >= 0.6 is 0 Å². The average molecular weight is 302 g/mol. The van der Waals surface area contributed by atoms with Crippen LogP contribution in [-0.2, 0) is 4.79 Å². The lowest BCUT2D eigenvalue weighted by molar-refractivity contribution is -0.137. The number of amides is 1. The van der Waals surface area contributed by atoms with Crippen LogP contribution in [0.3, 0.4) is 0 Å². The molecule has 2 rings (SSSR count). The van der Waals surface area contributed by atoms with Crippen LogP contribution in [0.1, 0.15) is 41.9 Å². The summed E-state index contributed by atoms with van der Waals surface area (Å²) in [6.45, 7) is 8.01. The van der Waals surface area contributed by atoms with Crippen LogP contribution in [0, 0.1) is 13.8 Å². The lowest BCUT2D eigenvalue weighted by atomic mass is 10.1. The predicted molar refractivity (Wildman–Crippen MR) is 86.2 cm³/mol. The van der Waals surface area contributed by atoms with Gasteiger partial charge in [0.2, 0.25) is 0 Å². The molecule has 118 valence electrons. The highest BCUT2D eigenvalue weighted by atomic mass is 16.4. The van der Waals surface area contributed by atoms with Crippen LogP contribution in [-0.4, -0.2) is 39.5 Å². The number of hydrogen-bond acceptors (Lipinski definition) is 2. The highest BCUT2D eigenvalue weighted by Crippen LogP contribution is 2.22. The number of aryl methyl sites for hydroxylation is 2. The maximum atomic E-state index is 12.7. The molecule has 0 atom stereocenters. The number of aromatic amines is 1. The van der Waals surface area contributed by atoms with Gasteiger partial charge in [0.05, 0.1) is 6.42 Å². The maximum Gasteiger partial charge on any atom is 0.305 e. The second kappa shape index (κ2) is 6.22. The van der Waals surface area contributed by atoms with E-state index in [0.29, 0.717) is 5.69 Å². The summed E-state index contributed by atoms with van der Waals surface area (Å²) in [5.74, 6) is -1.06. The molecule has 0 fully saturated rings. The number of benzene rings is 1. The van der Waals surface area contributed by atoms with Gasteiger partial charge in [0.15, 0.2) is 0 Å². The fourth-order valence-corrected chi connectivity index (χ4v) is 2.68. The molecule has 0 aliphatic carbocycles. The van der Waals surface area contributed by atoms with E-state index in [4.69, 9.17) is 5.11 Å². The van der Waals surface area contributed by atoms with Crippen LogP contribution < -0.4 is 0 Å². The van der Waals surface area contributed by atoms with Crippen molar-refractivity contribution < 1.29 is 14.7 Å². The molecule has 0 radical (unpaired) electrons. The van der Waals surface area contributed by atoms with Crippen molar-refractivity contribution in [3.8, 4) is 0 Å². The van der Waals surface area contributed by atoms with E-state index in [2.05, 4.69) is 11.1 Å². The first-order valence-electron chi connectivity index (χ1n) is 7.42. The third kappa shape index (κ3) is 3.30. The first kappa shape index (κ1) is 16.1. The van der Waals surface area contributed by atoms with Crippen molar-refractivity contribution in [2.24, 2.45) is 0 Å². The first-order valence-corrected chi connectivity index (χ1v) is 7.42.